The molecule has 4 heteroatoms. The van der Waals surface area contributed by atoms with Crippen molar-refractivity contribution in [3.63, 3.8) is 0 Å². The van der Waals surface area contributed by atoms with E-state index in [4.69, 9.17) is 5.73 Å². The lowest BCUT2D eigenvalue weighted by Gasteiger charge is -2.08. The quantitative estimate of drug-likeness (QED) is 0.657. The van der Waals surface area contributed by atoms with Gasteiger partial charge in [0.05, 0.1) is 18.2 Å². The van der Waals surface area contributed by atoms with Crippen LogP contribution in [-0.2, 0) is 6.54 Å². The summed E-state index contributed by atoms with van der Waals surface area (Å²) in [6, 6.07) is 17.9. The van der Waals surface area contributed by atoms with E-state index in [9.17, 15) is 5.26 Å². The second kappa shape index (κ2) is 8.00. The minimum Gasteiger partial charge on any atom is -0.370 e. The molecule has 0 radical (unpaired) electrons. The minimum atomic E-state index is 0.470. The van der Waals surface area contributed by atoms with Gasteiger partial charge in [-0.3, -0.25) is 0 Å². The molecule has 0 unspecified atom stereocenters. The van der Waals surface area contributed by atoms with Crippen LogP contribution in [-0.4, -0.2) is 12.5 Å². The van der Waals surface area contributed by atoms with E-state index in [-0.39, 0.29) is 0 Å². The molecule has 0 aliphatic rings. The molecule has 0 amide bonds. The summed E-state index contributed by atoms with van der Waals surface area (Å²) in [5, 5.41) is 12.3. The summed E-state index contributed by atoms with van der Waals surface area (Å²) in [4.78, 5) is 4.33. The van der Waals surface area contributed by atoms with E-state index in [0.717, 1.165) is 23.2 Å². The van der Waals surface area contributed by atoms with Crippen molar-refractivity contribution in [3.8, 4) is 17.2 Å². The van der Waals surface area contributed by atoms with Gasteiger partial charge in [0.25, 0.3) is 0 Å². The maximum Gasteiger partial charge on any atom is 0.188 e. The smallest absolute Gasteiger partial charge is 0.188 e. The van der Waals surface area contributed by atoms with E-state index in [1.54, 1.807) is 0 Å². The van der Waals surface area contributed by atoms with Crippen LogP contribution in [0.2, 0.25) is 0 Å². The Morgan fingerprint density at radius 3 is 2.52 bits per heavy atom. The number of rotatable bonds is 5. The van der Waals surface area contributed by atoms with Crippen LogP contribution in [0, 0.1) is 17.2 Å². The predicted octanol–water partition coefficient (Wildman–Crippen LogP) is 3.29. The molecule has 3 N–H and O–H groups in total. The standard InChI is InChI=1S/C19H22N4/c1-14(2)12-22-19(21)23-13-15-7-9-16(10-8-15)18-6-4-3-5-17(18)11-20/h3-10,14H,12-13H2,1-2H3,(H3,21,22,23). The molecule has 0 aliphatic heterocycles. The molecular formula is C19H22N4. The molecule has 0 saturated heterocycles. The van der Waals surface area contributed by atoms with Crippen LogP contribution in [0.4, 0.5) is 0 Å². The maximum absolute atomic E-state index is 9.18. The van der Waals surface area contributed by atoms with E-state index in [0.29, 0.717) is 24.0 Å². The molecule has 4 nitrogen and oxygen atoms in total. The van der Waals surface area contributed by atoms with Crippen LogP contribution in [0.15, 0.2) is 53.5 Å². The lowest BCUT2D eigenvalue weighted by atomic mass is 9.99. The van der Waals surface area contributed by atoms with Crippen molar-refractivity contribution < 1.29 is 0 Å². The SMILES string of the molecule is CC(C)CNC(N)=NCc1ccc(-c2ccccc2C#N)cc1. The fraction of sp³-hybridized carbons (Fsp3) is 0.263. The van der Waals surface area contributed by atoms with Gasteiger partial charge in [-0.1, -0.05) is 56.3 Å². The second-order valence-electron chi connectivity index (χ2n) is 5.83. The first kappa shape index (κ1) is 16.6. The summed E-state index contributed by atoms with van der Waals surface area (Å²) in [5.74, 6) is 1.00. The summed E-state index contributed by atoms with van der Waals surface area (Å²) in [6.07, 6.45) is 0. The normalized spacial score (nSPS) is 11.3. The Bertz CT molecular complexity index is 709. The summed E-state index contributed by atoms with van der Waals surface area (Å²) < 4.78 is 0. The summed E-state index contributed by atoms with van der Waals surface area (Å²) in [5.41, 5.74) is 9.57. The number of nitrogens with two attached hydrogens (primary N) is 1. The van der Waals surface area contributed by atoms with Crippen LogP contribution >= 0.6 is 0 Å². The average molecular weight is 306 g/mol. The fourth-order valence-corrected chi connectivity index (χ4v) is 2.16. The highest BCUT2D eigenvalue weighted by atomic mass is 15.1. The average Bonchev–Trinajstić information content (AvgIpc) is 2.58. The number of nitrogens with one attached hydrogen (secondary N) is 1. The molecule has 0 saturated carbocycles. The van der Waals surface area contributed by atoms with Crippen molar-refractivity contribution in [2.45, 2.75) is 20.4 Å². The number of hydrogen-bond acceptors (Lipinski definition) is 2. The third-order valence-electron chi connectivity index (χ3n) is 3.44. The third kappa shape index (κ3) is 4.86. The van der Waals surface area contributed by atoms with Crippen LogP contribution in [0.5, 0.6) is 0 Å². The van der Waals surface area contributed by atoms with Gasteiger partial charge < -0.3 is 11.1 Å². The zero-order chi connectivity index (χ0) is 16.7. The zero-order valence-electron chi connectivity index (χ0n) is 13.6. The van der Waals surface area contributed by atoms with Crippen molar-refractivity contribution in [1.29, 1.82) is 5.26 Å². The molecule has 2 aromatic carbocycles. The summed E-state index contributed by atoms with van der Waals surface area (Å²) in [6.45, 7) is 5.60. The Labute approximate surface area is 137 Å². The van der Waals surface area contributed by atoms with E-state index in [1.807, 2.05) is 48.5 Å². The van der Waals surface area contributed by atoms with Crippen molar-refractivity contribution in [2.24, 2.45) is 16.6 Å². The predicted molar refractivity (Wildman–Crippen MR) is 94.8 cm³/mol. The van der Waals surface area contributed by atoms with Gasteiger partial charge in [0.2, 0.25) is 0 Å². The Hall–Kier alpha value is -2.80. The van der Waals surface area contributed by atoms with Gasteiger partial charge in [-0.15, -0.1) is 0 Å². The van der Waals surface area contributed by atoms with Crippen LogP contribution in [0.1, 0.15) is 25.0 Å². The Kier molecular flexibility index (Phi) is 5.76. The molecular weight excluding hydrogens is 284 g/mol. The van der Waals surface area contributed by atoms with Crippen molar-refractivity contribution >= 4 is 5.96 Å². The van der Waals surface area contributed by atoms with Crippen LogP contribution in [0.3, 0.4) is 0 Å². The monoisotopic (exact) mass is 306 g/mol. The first-order valence-corrected chi connectivity index (χ1v) is 7.72. The number of aliphatic imine (C=N–C) groups is 1. The molecule has 0 bridgehead atoms. The lowest BCUT2D eigenvalue weighted by Crippen LogP contribution is -2.34. The Morgan fingerprint density at radius 1 is 1.17 bits per heavy atom. The Balaban J connectivity index is 2.05. The molecule has 0 spiro atoms. The molecule has 0 atom stereocenters. The summed E-state index contributed by atoms with van der Waals surface area (Å²) >= 11 is 0. The number of benzene rings is 2. The second-order valence-corrected chi connectivity index (χ2v) is 5.83. The molecule has 0 heterocycles. The maximum atomic E-state index is 9.18. The van der Waals surface area contributed by atoms with E-state index < -0.39 is 0 Å². The van der Waals surface area contributed by atoms with E-state index in [1.165, 1.54) is 0 Å². The number of nitriles is 1. The van der Waals surface area contributed by atoms with Crippen molar-refractivity contribution in [3.05, 3.63) is 59.7 Å². The third-order valence-corrected chi connectivity index (χ3v) is 3.44. The number of guanidine groups is 1. The largest absolute Gasteiger partial charge is 0.370 e. The first-order chi connectivity index (χ1) is 11.1. The molecule has 0 fully saturated rings. The van der Waals surface area contributed by atoms with Gasteiger partial charge in [-0.25, -0.2) is 4.99 Å². The van der Waals surface area contributed by atoms with Gasteiger partial charge in [-0.2, -0.15) is 5.26 Å². The lowest BCUT2D eigenvalue weighted by molar-refractivity contribution is 0.622. The van der Waals surface area contributed by atoms with Crippen LogP contribution in [0.25, 0.3) is 11.1 Å². The highest BCUT2D eigenvalue weighted by Gasteiger charge is 2.03. The van der Waals surface area contributed by atoms with Crippen molar-refractivity contribution in [1.82, 2.24) is 5.32 Å². The molecule has 23 heavy (non-hydrogen) atoms. The van der Waals surface area contributed by atoms with Crippen LogP contribution < -0.4 is 11.1 Å². The molecule has 0 aliphatic carbocycles. The Morgan fingerprint density at radius 2 is 1.87 bits per heavy atom. The fourth-order valence-electron chi connectivity index (χ4n) is 2.16. The van der Waals surface area contributed by atoms with Gasteiger partial charge in [-0.05, 0) is 28.7 Å². The zero-order valence-corrected chi connectivity index (χ0v) is 13.6. The molecule has 2 aromatic rings. The van der Waals surface area contributed by atoms with Gasteiger partial charge >= 0.3 is 0 Å². The minimum absolute atomic E-state index is 0.470. The molecule has 118 valence electrons. The molecule has 0 aromatic heterocycles. The van der Waals surface area contributed by atoms with Gasteiger partial charge in [0.15, 0.2) is 5.96 Å². The summed E-state index contributed by atoms with van der Waals surface area (Å²) in [7, 11) is 0. The molecule has 2 rings (SSSR count). The topological polar surface area (TPSA) is 74.2 Å². The van der Waals surface area contributed by atoms with Crippen molar-refractivity contribution in [2.75, 3.05) is 6.54 Å². The highest BCUT2D eigenvalue weighted by Crippen LogP contribution is 2.23. The first-order valence-electron chi connectivity index (χ1n) is 7.72. The number of hydrogen-bond donors (Lipinski definition) is 2. The highest BCUT2D eigenvalue weighted by molar-refractivity contribution is 5.77. The van der Waals surface area contributed by atoms with E-state index in [2.05, 4.69) is 30.2 Å². The van der Waals surface area contributed by atoms with Gasteiger partial charge in [0, 0.05) is 6.54 Å². The van der Waals surface area contributed by atoms with E-state index >= 15 is 0 Å². The van der Waals surface area contributed by atoms with Gasteiger partial charge in [0.1, 0.15) is 0 Å². The number of nitrogens with zero attached hydrogens (tertiary/aromatic N) is 2.